The minimum absolute atomic E-state index is 0.270. The van der Waals surface area contributed by atoms with Crippen LogP contribution >= 0.6 is 0 Å². The number of aromatic nitrogens is 3. The molecule has 1 N–H and O–H groups in total. The summed E-state index contributed by atoms with van der Waals surface area (Å²) < 4.78 is 23.5. The Bertz CT molecular complexity index is 870. The molecular weight excluding hydrogens is 286 g/mol. The Morgan fingerprint density at radius 3 is 2.57 bits per heavy atom. The third-order valence-electron chi connectivity index (χ3n) is 3.32. The number of aromatic amines is 1. The third-order valence-corrected chi connectivity index (χ3v) is 4.45. The Kier molecular flexibility index (Phi) is 3.47. The van der Waals surface area contributed by atoms with Crippen LogP contribution in [0.5, 0.6) is 0 Å². The van der Waals surface area contributed by atoms with Crippen molar-refractivity contribution in [2.24, 2.45) is 0 Å². The highest BCUT2D eigenvalue weighted by Crippen LogP contribution is 2.21. The van der Waals surface area contributed by atoms with Gasteiger partial charge in [0.2, 0.25) is 0 Å². The van der Waals surface area contributed by atoms with E-state index in [1.165, 1.54) is 11.8 Å². The number of para-hydroxylation sites is 1. The molecule has 2 heterocycles. The normalized spacial score (nSPS) is 11.9. The number of hydrogen-bond acceptors (Lipinski definition) is 4. The third kappa shape index (κ3) is 2.95. The van der Waals surface area contributed by atoms with Crippen molar-refractivity contribution in [2.45, 2.75) is 17.7 Å². The van der Waals surface area contributed by atoms with Crippen LogP contribution in [0.1, 0.15) is 11.4 Å². The highest BCUT2D eigenvalue weighted by molar-refractivity contribution is 7.91. The highest BCUT2D eigenvalue weighted by atomic mass is 32.2. The largest absolute Gasteiger partial charge is 0.342 e. The number of nitrogens with zero attached hydrogens (tertiary/aromatic N) is 2. The number of sulfone groups is 1. The van der Waals surface area contributed by atoms with Crippen LogP contribution in [0.25, 0.3) is 11.0 Å². The second-order valence-electron chi connectivity index (χ2n) is 4.96. The quantitative estimate of drug-likeness (QED) is 0.801. The Morgan fingerprint density at radius 2 is 1.86 bits per heavy atom. The van der Waals surface area contributed by atoms with E-state index in [1.807, 2.05) is 18.2 Å². The first-order valence-corrected chi connectivity index (χ1v) is 8.50. The summed E-state index contributed by atoms with van der Waals surface area (Å²) in [4.78, 5) is 11.9. The maximum Gasteiger partial charge on any atom is 0.177 e. The van der Waals surface area contributed by atoms with E-state index in [0.29, 0.717) is 5.52 Å². The number of fused-ring (bicyclic) bond motifs is 1. The first-order chi connectivity index (χ1) is 10.0. The van der Waals surface area contributed by atoms with Gasteiger partial charge in [-0.3, -0.25) is 4.98 Å². The number of H-pyrrole nitrogens is 1. The molecule has 5 nitrogen and oxygen atoms in total. The maximum atomic E-state index is 11.8. The smallest absolute Gasteiger partial charge is 0.177 e. The fraction of sp³-hybridized carbons (Fsp3) is 0.200. The summed E-state index contributed by atoms with van der Waals surface area (Å²) in [6, 6.07) is 9.08. The fourth-order valence-electron chi connectivity index (χ4n) is 2.29. The van der Waals surface area contributed by atoms with E-state index in [0.717, 1.165) is 24.2 Å². The second-order valence-corrected chi connectivity index (χ2v) is 6.95. The molecule has 3 rings (SSSR count). The molecule has 21 heavy (non-hydrogen) atoms. The minimum Gasteiger partial charge on any atom is -0.342 e. The molecule has 3 aromatic rings. The Morgan fingerprint density at radius 1 is 1.10 bits per heavy atom. The Labute approximate surface area is 123 Å². The van der Waals surface area contributed by atoms with E-state index in [1.54, 1.807) is 24.5 Å². The van der Waals surface area contributed by atoms with E-state index in [-0.39, 0.29) is 4.90 Å². The molecule has 0 amide bonds. The molecule has 0 fully saturated rings. The van der Waals surface area contributed by atoms with Crippen LogP contribution in [-0.4, -0.2) is 29.6 Å². The molecule has 0 saturated carbocycles. The first-order valence-electron chi connectivity index (χ1n) is 6.60. The van der Waals surface area contributed by atoms with Gasteiger partial charge in [-0.15, -0.1) is 0 Å². The molecule has 2 aromatic heterocycles. The van der Waals surface area contributed by atoms with Gasteiger partial charge in [-0.05, 0) is 36.2 Å². The highest BCUT2D eigenvalue weighted by Gasteiger charge is 2.14. The minimum atomic E-state index is -3.27. The zero-order valence-corrected chi connectivity index (χ0v) is 12.4. The lowest BCUT2D eigenvalue weighted by Gasteiger charge is -1.98. The zero-order valence-electron chi connectivity index (χ0n) is 11.6. The van der Waals surface area contributed by atoms with Crippen LogP contribution in [0.3, 0.4) is 0 Å². The number of benzene rings is 1. The van der Waals surface area contributed by atoms with Crippen LogP contribution in [0.15, 0.2) is 47.6 Å². The Balaban J connectivity index is 1.91. The first kappa shape index (κ1) is 13.8. The predicted octanol–water partition coefficient (Wildman–Crippen LogP) is 2.15. The average molecular weight is 301 g/mol. The van der Waals surface area contributed by atoms with Gasteiger partial charge in [-0.25, -0.2) is 13.4 Å². The molecule has 0 unspecified atom stereocenters. The van der Waals surface area contributed by atoms with E-state index in [9.17, 15) is 8.42 Å². The van der Waals surface area contributed by atoms with Gasteiger partial charge < -0.3 is 4.98 Å². The summed E-state index contributed by atoms with van der Waals surface area (Å²) in [5, 5.41) is 0. The zero-order chi connectivity index (χ0) is 14.9. The van der Waals surface area contributed by atoms with Gasteiger partial charge >= 0.3 is 0 Å². The van der Waals surface area contributed by atoms with Gasteiger partial charge in [-0.1, -0.05) is 6.07 Å². The summed E-state index contributed by atoms with van der Waals surface area (Å²) >= 11 is 0. The lowest BCUT2D eigenvalue weighted by molar-refractivity contribution is 0.602. The topological polar surface area (TPSA) is 75.7 Å². The number of imidazole rings is 1. The summed E-state index contributed by atoms with van der Waals surface area (Å²) in [5.74, 6) is 0.790. The van der Waals surface area contributed by atoms with Crippen molar-refractivity contribution in [1.29, 1.82) is 0 Å². The summed E-state index contributed by atoms with van der Waals surface area (Å²) in [6.45, 7) is 0. The van der Waals surface area contributed by atoms with Gasteiger partial charge in [0.1, 0.15) is 11.3 Å². The number of aryl methyl sites for hydroxylation is 2. The molecule has 0 aliphatic carbocycles. The molecule has 6 heteroatoms. The van der Waals surface area contributed by atoms with Crippen molar-refractivity contribution in [1.82, 2.24) is 15.0 Å². The standard InChI is InChI=1S/C15H15N3O2S/c1-21(19,20)13-4-2-3-12-15(13)18-14(17-12)6-5-11-7-9-16-10-8-11/h2-4,7-10H,5-6H2,1H3,(H,17,18). The molecule has 0 radical (unpaired) electrons. The SMILES string of the molecule is CS(=O)(=O)c1cccc2[nH]c(CCc3ccncc3)nc12. The summed E-state index contributed by atoms with van der Waals surface area (Å²) in [6.07, 6.45) is 6.27. The van der Waals surface area contributed by atoms with Crippen LogP contribution in [0.2, 0.25) is 0 Å². The molecule has 0 aliphatic rings. The summed E-state index contributed by atoms with van der Waals surface area (Å²) in [5.41, 5.74) is 2.45. The predicted molar refractivity (Wildman–Crippen MR) is 80.8 cm³/mol. The van der Waals surface area contributed by atoms with Gasteiger partial charge in [0.25, 0.3) is 0 Å². The molecular formula is C15H15N3O2S. The Hall–Kier alpha value is -2.21. The molecule has 0 saturated heterocycles. The molecule has 108 valence electrons. The van der Waals surface area contributed by atoms with E-state index in [2.05, 4.69) is 15.0 Å². The van der Waals surface area contributed by atoms with Crippen molar-refractivity contribution in [3.05, 3.63) is 54.1 Å². The molecule has 1 aromatic carbocycles. The van der Waals surface area contributed by atoms with Crippen LogP contribution < -0.4 is 0 Å². The molecule has 0 spiro atoms. The monoisotopic (exact) mass is 301 g/mol. The average Bonchev–Trinajstić information content (AvgIpc) is 2.87. The van der Waals surface area contributed by atoms with Crippen molar-refractivity contribution in [3.8, 4) is 0 Å². The van der Waals surface area contributed by atoms with E-state index >= 15 is 0 Å². The number of rotatable bonds is 4. The number of pyridine rings is 1. The van der Waals surface area contributed by atoms with Gasteiger partial charge in [0.05, 0.1) is 10.4 Å². The van der Waals surface area contributed by atoms with Gasteiger partial charge in [0, 0.05) is 25.1 Å². The molecule has 0 bridgehead atoms. The number of nitrogens with one attached hydrogen (secondary N) is 1. The van der Waals surface area contributed by atoms with Crippen LogP contribution in [0.4, 0.5) is 0 Å². The second kappa shape index (κ2) is 5.29. The fourth-order valence-corrected chi connectivity index (χ4v) is 3.12. The van der Waals surface area contributed by atoms with Crippen molar-refractivity contribution in [2.75, 3.05) is 6.26 Å². The van der Waals surface area contributed by atoms with Crippen LogP contribution in [-0.2, 0) is 22.7 Å². The molecule has 0 atom stereocenters. The van der Waals surface area contributed by atoms with Crippen LogP contribution in [0, 0.1) is 0 Å². The van der Waals surface area contributed by atoms with E-state index in [4.69, 9.17) is 0 Å². The number of hydrogen-bond donors (Lipinski definition) is 1. The lowest BCUT2D eigenvalue weighted by atomic mass is 10.1. The van der Waals surface area contributed by atoms with Crippen molar-refractivity contribution < 1.29 is 8.42 Å². The van der Waals surface area contributed by atoms with Gasteiger partial charge in [-0.2, -0.15) is 0 Å². The summed E-state index contributed by atoms with van der Waals surface area (Å²) in [7, 11) is -3.27. The maximum absolute atomic E-state index is 11.8. The molecule has 0 aliphatic heterocycles. The van der Waals surface area contributed by atoms with Crippen molar-refractivity contribution in [3.63, 3.8) is 0 Å². The van der Waals surface area contributed by atoms with Gasteiger partial charge in [0.15, 0.2) is 9.84 Å². The lowest BCUT2D eigenvalue weighted by Crippen LogP contribution is -1.98. The van der Waals surface area contributed by atoms with E-state index < -0.39 is 9.84 Å². The van der Waals surface area contributed by atoms with Crippen molar-refractivity contribution >= 4 is 20.9 Å².